The predicted molar refractivity (Wildman–Crippen MR) is 107 cm³/mol. The smallest absolute Gasteiger partial charge is 0.409 e. The molecule has 0 aliphatic carbocycles. The Labute approximate surface area is 166 Å². The summed E-state index contributed by atoms with van der Waals surface area (Å²) in [4.78, 5) is 30.7. The molecule has 3 heterocycles. The highest BCUT2D eigenvalue weighted by Crippen LogP contribution is 2.28. The number of amides is 3. The van der Waals surface area contributed by atoms with Gasteiger partial charge in [-0.05, 0) is 43.7 Å². The van der Waals surface area contributed by atoms with Crippen molar-refractivity contribution in [2.24, 2.45) is 5.92 Å². The number of anilines is 1. The Kier molecular flexibility index (Phi) is 5.71. The summed E-state index contributed by atoms with van der Waals surface area (Å²) in [6.07, 6.45) is 2.89. The van der Waals surface area contributed by atoms with E-state index in [2.05, 4.69) is 16.3 Å². The zero-order valence-corrected chi connectivity index (χ0v) is 16.6. The number of likely N-dealkylation sites (tertiary alicyclic amines) is 2. The van der Waals surface area contributed by atoms with Crippen LogP contribution in [0, 0.1) is 5.92 Å². The third-order valence-electron chi connectivity index (χ3n) is 6.21. The quantitative estimate of drug-likeness (QED) is 0.864. The maximum absolute atomic E-state index is 12.5. The topological polar surface area (TPSA) is 65.1 Å². The van der Waals surface area contributed by atoms with Crippen molar-refractivity contribution in [2.75, 3.05) is 44.6 Å². The van der Waals surface area contributed by atoms with Gasteiger partial charge in [0.05, 0.1) is 6.61 Å². The van der Waals surface area contributed by atoms with Crippen molar-refractivity contribution in [3.8, 4) is 0 Å². The van der Waals surface area contributed by atoms with Crippen molar-refractivity contribution in [1.82, 2.24) is 14.7 Å². The standard InChI is InChI=1S/C21H30N4O3/c1-2-28-21(27)24-11-7-16(8-12-24)13-23-10-9-18(15-23)25-14-17-5-3-4-6-19(17)22-20(25)26/h3-6,16,18H,2,7-15H2,1H3,(H,22,26)/t18-/m0/s1. The van der Waals surface area contributed by atoms with Gasteiger partial charge in [-0.3, -0.25) is 0 Å². The van der Waals surface area contributed by atoms with E-state index < -0.39 is 0 Å². The highest BCUT2D eigenvalue weighted by molar-refractivity contribution is 5.92. The molecule has 0 aromatic heterocycles. The number of piperidine rings is 1. The highest BCUT2D eigenvalue weighted by atomic mass is 16.6. The summed E-state index contributed by atoms with van der Waals surface area (Å²) in [6.45, 7) is 7.57. The van der Waals surface area contributed by atoms with Crippen molar-refractivity contribution in [1.29, 1.82) is 0 Å². The molecule has 0 radical (unpaired) electrons. The monoisotopic (exact) mass is 386 g/mol. The summed E-state index contributed by atoms with van der Waals surface area (Å²) in [6, 6.07) is 8.33. The molecule has 152 valence electrons. The molecule has 2 saturated heterocycles. The van der Waals surface area contributed by atoms with Crippen LogP contribution < -0.4 is 5.32 Å². The average Bonchev–Trinajstić information content (AvgIpc) is 3.16. The van der Waals surface area contributed by atoms with Crippen LogP contribution in [0.5, 0.6) is 0 Å². The van der Waals surface area contributed by atoms with Crippen molar-refractivity contribution in [3.05, 3.63) is 29.8 Å². The number of fused-ring (bicyclic) bond motifs is 1. The molecule has 0 bridgehead atoms. The summed E-state index contributed by atoms with van der Waals surface area (Å²) in [5.74, 6) is 0.611. The van der Waals surface area contributed by atoms with Crippen LogP contribution in [-0.2, 0) is 11.3 Å². The van der Waals surface area contributed by atoms with Gasteiger partial charge in [0.25, 0.3) is 0 Å². The van der Waals surface area contributed by atoms with Crippen LogP contribution in [0.15, 0.2) is 24.3 Å². The molecule has 7 nitrogen and oxygen atoms in total. The first-order valence-electron chi connectivity index (χ1n) is 10.4. The predicted octanol–water partition coefficient (Wildman–Crippen LogP) is 2.98. The van der Waals surface area contributed by atoms with Gasteiger partial charge in [0.2, 0.25) is 0 Å². The zero-order valence-electron chi connectivity index (χ0n) is 16.6. The molecule has 4 rings (SSSR count). The lowest BCUT2D eigenvalue weighted by Gasteiger charge is -2.35. The molecule has 0 unspecified atom stereocenters. The largest absolute Gasteiger partial charge is 0.450 e. The van der Waals surface area contributed by atoms with E-state index in [9.17, 15) is 9.59 Å². The Hall–Kier alpha value is -2.28. The van der Waals surface area contributed by atoms with Crippen LogP contribution in [0.4, 0.5) is 15.3 Å². The molecule has 3 aliphatic rings. The number of urea groups is 1. The van der Waals surface area contributed by atoms with E-state index >= 15 is 0 Å². The fraction of sp³-hybridized carbons (Fsp3) is 0.619. The molecule has 7 heteroatoms. The summed E-state index contributed by atoms with van der Waals surface area (Å²) in [5.41, 5.74) is 2.12. The fourth-order valence-electron chi connectivity index (χ4n) is 4.63. The third kappa shape index (κ3) is 4.09. The van der Waals surface area contributed by atoms with Crippen LogP contribution in [0.1, 0.15) is 31.7 Å². The Morgan fingerprint density at radius 3 is 2.75 bits per heavy atom. The van der Waals surface area contributed by atoms with Gasteiger partial charge in [0, 0.05) is 51.0 Å². The van der Waals surface area contributed by atoms with Crippen LogP contribution in [-0.4, -0.2) is 72.2 Å². The minimum Gasteiger partial charge on any atom is -0.450 e. The zero-order chi connectivity index (χ0) is 19.5. The number of benzene rings is 1. The van der Waals surface area contributed by atoms with Gasteiger partial charge in [-0.25, -0.2) is 9.59 Å². The molecule has 3 aliphatic heterocycles. The first kappa shape index (κ1) is 19.1. The number of rotatable bonds is 4. The van der Waals surface area contributed by atoms with Crippen LogP contribution >= 0.6 is 0 Å². The summed E-state index contributed by atoms with van der Waals surface area (Å²) < 4.78 is 5.10. The molecular weight excluding hydrogens is 356 g/mol. The molecule has 1 N–H and O–H groups in total. The minimum absolute atomic E-state index is 0.0216. The van der Waals surface area contributed by atoms with E-state index in [-0.39, 0.29) is 18.2 Å². The first-order valence-corrected chi connectivity index (χ1v) is 10.4. The lowest BCUT2D eigenvalue weighted by atomic mass is 9.96. The number of carbonyl (C=O) groups is 2. The van der Waals surface area contributed by atoms with E-state index in [1.54, 1.807) is 0 Å². The number of hydrogen-bond acceptors (Lipinski definition) is 4. The van der Waals surface area contributed by atoms with Crippen LogP contribution in [0.25, 0.3) is 0 Å². The lowest BCUT2D eigenvalue weighted by Crippen LogP contribution is -2.47. The van der Waals surface area contributed by atoms with E-state index in [1.165, 1.54) is 5.56 Å². The van der Waals surface area contributed by atoms with Gasteiger partial charge in [0.15, 0.2) is 0 Å². The van der Waals surface area contributed by atoms with E-state index in [4.69, 9.17) is 4.74 Å². The minimum atomic E-state index is -0.182. The van der Waals surface area contributed by atoms with Gasteiger partial charge in [-0.1, -0.05) is 18.2 Å². The van der Waals surface area contributed by atoms with Crippen LogP contribution in [0.2, 0.25) is 0 Å². The second-order valence-electron chi connectivity index (χ2n) is 8.05. The van der Waals surface area contributed by atoms with Crippen molar-refractivity contribution in [3.63, 3.8) is 0 Å². The number of ether oxygens (including phenoxy) is 1. The molecule has 1 atom stereocenters. The molecular formula is C21H30N4O3. The Morgan fingerprint density at radius 1 is 1.18 bits per heavy atom. The normalized spacial score (nSPS) is 23.5. The fourth-order valence-corrected chi connectivity index (χ4v) is 4.63. The molecule has 2 fully saturated rings. The van der Waals surface area contributed by atoms with E-state index in [1.807, 2.05) is 34.9 Å². The SMILES string of the molecule is CCOC(=O)N1CCC(CN2CC[C@H](N3Cc4ccccc4NC3=O)C2)CC1. The summed E-state index contributed by atoms with van der Waals surface area (Å²) >= 11 is 0. The maximum atomic E-state index is 12.5. The molecule has 3 amide bonds. The Balaban J connectivity index is 1.26. The lowest BCUT2D eigenvalue weighted by molar-refractivity contribution is 0.0868. The molecule has 1 aromatic rings. The Bertz CT molecular complexity index is 717. The van der Waals surface area contributed by atoms with Gasteiger partial charge < -0.3 is 24.8 Å². The maximum Gasteiger partial charge on any atom is 0.409 e. The molecule has 28 heavy (non-hydrogen) atoms. The molecule has 0 saturated carbocycles. The third-order valence-corrected chi connectivity index (χ3v) is 6.21. The van der Waals surface area contributed by atoms with E-state index in [0.717, 1.165) is 57.7 Å². The number of para-hydroxylation sites is 1. The summed E-state index contributed by atoms with van der Waals surface area (Å²) in [7, 11) is 0. The van der Waals surface area contributed by atoms with E-state index in [0.29, 0.717) is 19.1 Å². The van der Waals surface area contributed by atoms with Crippen LogP contribution in [0.3, 0.4) is 0 Å². The highest BCUT2D eigenvalue weighted by Gasteiger charge is 2.35. The first-order chi connectivity index (χ1) is 13.6. The van der Waals surface area contributed by atoms with Crippen molar-refractivity contribution >= 4 is 17.8 Å². The van der Waals surface area contributed by atoms with Gasteiger partial charge in [-0.2, -0.15) is 0 Å². The number of hydrogen-bond donors (Lipinski definition) is 1. The molecule has 1 aromatic carbocycles. The average molecular weight is 386 g/mol. The van der Waals surface area contributed by atoms with Crippen molar-refractivity contribution in [2.45, 2.75) is 38.8 Å². The number of nitrogens with zero attached hydrogens (tertiary/aromatic N) is 3. The molecule has 0 spiro atoms. The summed E-state index contributed by atoms with van der Waals surface area (Å²) in [5, 5.41) is 3.03. The second kappa shape index (κ2) is 8.39. The second-order valence-corrected chi connectivity index (χ2v) is 8.05. The Morgan fingerprint density at radius 2 is 1.96 bits per heavy atom. The van der Waals surface area contributed by atoms with Gasteiger partial charge in [0.1, 0.15) is 0 Å². The van der Waals surface area contributed by atoms with Gasteiger partial charge >= 0.3 is 12.1 Å². The number of nitrogens with one attached hydrogen (secondary N) is 1. The number of carbonyl (C=O) groups excluding carboxylic acids is 2. The van der Waals surface area contributed by atoms with Gasteiger partial charge in [-0.15, -0.1) is 0 Å². The van der Waals surface area contributed by atoms with Crippen molar-refractivity contribution < 1.29 is 14.3 Å².